The normalized spacial score (nSPS) is 10.7. The summed E-state index contributed by atoms with van der Waals surface area (Å²) < 4.78 is 7.30. The van der Waals surface area contributed by atoms with Crippen molar-refractivity contribution in [1.82, 2.24) is 9.55 Å². The van der Waals surface area contributed by atoms with E-state index in [0.29, 0.717) is 6.54 Å². The van der Waals surface area contributed by atoms with Gasteiger partial charge >= 0.3 is 0 Å². The standard InChI is InChI=1S/C14H19N3O/c1-4-10-7-11(5-6-13(10)18-3)14-12(8-15)17(2)9-16-14/h5-7,9H,4,8,15H2,1-3H3. The molecule has 0 aliphatic rings. The molecular formula is C14H19N3O. The molecule has 0 saturated heterocycles. The fourth-order valence-electron chi connectivity index (χ4n) is 2.14. The Morgan fingerprint density at radius 3 is 2.78 bits per heavy atom. The Kier molecular flexibility index (Phi) is 3.67. The number of methoxy groups -OCH3 is 1. The Balaban J connectivity index is 2.50. The van der Waals surface area contributed by atoms with Crippen LogP contribution in [0.5, 0.6) is 5.75 Å². The molecule has 0 aliphatic heterocycles. The lowest BCUT2D eigenvalue weighted by atomic mass is 10.0. The number of nitrogens with two attached hydrogens (primary N) is 1. The SMILES string of the molecule is CCc1cc(-c2ncn(C)c2CN)ccc1OC. The van der Waals surface area contributed by atoms with E-state index in [1.165, 1.54) is 5.56 Å². The zero-order chi connectivity index (χ0) is 13.1. The fraction of sp³-hybridized carbons (Fsp3) is 0.357. The first-order valence-electron chi connectivity index (χ1n) is 6.08. The lowest BCUT2D eigenvalue weighted by molar-refractivity contribution is 0.410. The zero-order valence-electron chi connectivity index (χ0n) is 11.1. The molecule has 2 aromatic rings. The van der Waals surface area contributed by atoms with Gasteiger partial charge in [-0.1, -0.05) is 6.92 Å². The van der Waals surface area contributed by atoms with Gasteiger partial charge in [-0.25, -0.2) is 4.98 Å². The van der Waals surface area contributed by atoms with Crippen LogP contribution in [0.15, 0.2) is 24.5 Å². The molecule has 0 amide bonds. The Labute approximate surface area is 107 Å². The van der Waals surface area contributed by atoms with Gasteiger partial charge in [0.2, 0.25) is 0 Å². The van der Waals surface area contributed by atoms with Crippen molar-refractivity contribution >= 4 is 0 Å². The van der Waals surface area contributed by atoms with Crippen LogP contribution in [0.25, 0.3) is 11.3 Å². The van der Waals surface area contributed by atoms with Crippen molar-refractivity contribution in [3.8, 4) is 17.0 Å². The molecule has 0 atom stereocenters. The molecule has 1 aromatic carbocycles. The van der Waals surface area contributed by atoms with Crippen LogP contribution >= 0.6 is 0 Å². The van der Waals surface area contributed by atoms with E-state index in [2.05, 4.69) is 18.0 Å². The maximum atomic E-state index is 5.77. The van der Waals surface area contributed by atoms with E-state index in [0.717, 1.165) is 29.1 Å². The minimum absolute atomic E-state index is 0.485. The molecule has 4 nitrogen and oxygen atoms in total. The molecule has 0 fully saturated rings. The summed E-state index contributed by atoms with van der Waals surface area (Å²) in [5, 5.41) is 0. The smallest absolute Gasteiger partial charge is 0.122 e. The van der Waals surface area contributed by atoms with Crippen molar-refractivity contribution < 1.29 is 4.74 Å². The minimum atomic E-state index is 0.485. The second-order valence-electron chi connectivity index (χ2n) is 4.24. The third kappa shape index (κ3) is 2.11. The molecular weight excluding hydrogens is 226 g/mol. The van der Waals surface area contributed by atoms with Gasteiger partial charge in [0, 0.05) is 19.2 Å². The van der Waals surface area contributed by atoms with Crippen molar-refractivity contribution in [3.05, 3.63) is 35.8 Å². The minimum Gasteiger partial charge on any atom is -0.496 e. The summed E-state index contributed by atoms with van der Waals surface area (Å²) in [5.74, 6) is 0.923. The number of hydrogen-bond donors (Lipinski definition) is 1. The van der Waals surface area contributed by atoms with Crippen molar-refractivity contribution in [3.63, 3.8) is 0 Å². The highest BCUT2D eigenvalue weighted by atomic mass is 16.5. The number of nitrogens with zero attached hydrogens (tertiary/aromatic N) is 2. The van der Waals surface area contributed by atoms with Crippen LogP contribution in [-0.4, -0.2) is 16.7 Å². The van der Waals surface area contributed by atoms with Crippen LogP contribution < -0.4 is 10.5 Å². The summed E-state index contributed by atoms with van der Waals surface area (Å²) in [6.45, 7) is 2.60. The molecule has 0 saturated carbocycles. The van der Waals surface area contributed by atoms with Crippen LogP contribution in [0.4, 0.5) is 0 Å². The molecule has 0 spiro atoms. The highest BCUT2D eigenvalue weighted by molar-refractivity contribution is 5.64. The number of ether oxygens (including phenoxy) is 1. The lowest BCUT2D eigenvalue weighted by Gasteiger charge is -2.09. The van der Waals surface area contributed by atoms with Crippen LogP contribution in [0.1, 0.15) is 18.2 Å². The molecule has 0 aliphatic carbocycles. The van der Waals surface area contributed by atoms with Crippen LogP contribution in [0.2, 0.25) is 0 Å². The van der Waals surface area contributed by atoms with Gasteiger partial charge in [0.1, 0.15) is 5.75 Å². The Hall–Kier alpha value is -1.81. The molecule has 0 unspecified atom stereocenters. The van der Waals surface area contributed by atoms with E-state index in [1.807, 2.05) is 23.7 Å². The zero-order valence-corrected chi connectivity index (χ0v) is 11.1. The second-order valence-corrected chi connectivity index (χ2v) is 4.24. The van der Waals surface area contributed by atoms with Crippen molar-refractivity contribution in [2.24, 2.45) is 12.8 Å². The second kappa shape index (κ2) is 5.23. The Morgan fingerprint density at radius 2 is 2.17 bits per heavy atom. The maximum absolute atomic E-state index is 5.77. The van der Waals surface area contributed by atoms with Crippen LogP contribution in [0, 0.1) is 0 Å². The summed E-state index contributed by atoms with van der Waals surface area (Å²) in [6, 6.07) is 6.14. The van der Waals surface area contributed by atoms with Crippen molar-refractivity contribution in [2.75, 3.05) is 7.11 Å². The monoisotopic (exact) mass is 245 g/mol. The third-order valence-corrected chi connectivity index (χ3v) is 3.19. The number of aromatic nitrogens is 2. The predicted molar refractivity (Wildman–Crippen MR) is 72.5 cm³/mol. The fourth-order valence-corrected chi connectivity index (χ4v) is 2.14. The Morgan fingerprint density at radius 1 is 1.39 bits per heavy atom. The largest absolute Gasteiger partial charge is 0.496 e. The summed E-state index contributed by atoms with van der Waals surface area (Å²) in [6.07, 6.45) is 2.73. The summed E-state index contributed by atoms with van der Waals surface area (Å²) in [5.41, 5.74) is 10.0. The number of rotatable bonds is 4. The topological polar surface area (TPSA) is 53.1 Å². The predicted octanol–water partition coefficient (Wildman–Crippen LogP) is 2.12. The first-order valence-corrected chi connectivity index (χ1v) is 6.08. The highest BCUT2D eigenvalue weighted by Crippen LogP contribution is 2.28. The average Bonchev–Trinajstić information content (AvgIpc) is 2.78. The molecule has 4 heteroatoms. The average molecular weight is 245 g/mol. The van der Waals surface area contributed by atoms with Gasteiger partial charge in [0.05, 0.1) is 24.8 Å². The van der Waals surface area contributed by atoms with Gasteiger partial charge in [-0.3, -0.25) is 0 Å². The summed E-state index contributed by atoms with van der Waals surface area (Å²) in [4.78, 5) is 4.43. The van der Waals surface area contributed by atoms with E-state index in [1.54, 1.807) is 13.4 Å². The van der Waals surface area contributed by atoms with Gasteiger partial charge in [-0.2, -0.15) is 0 Å². The van der Waals surface area contributed by atoms with E-state index >= 15 is 0 Å². The number of imidazole rings is 1. The summed E-state index contributed by atoms with van der Waals surface area (Å²) in [7, 11) is 3.66. The maximum Gasteiger partial charge on any atom is 0.122 e. The van der Waals surface area contributed by atoms with Crippen molar-refractivity contribution in [1.29, 1.82) is 0 Å². The summed E-state index contributed by atoms with van der Waals surface area (Å²) >= 11 is 0. The molecule has 2 rings (SSSR count). The number of benzene rings is 1. The number of hydrogen-bond acceptors (Lipinski definition) is 3. The first-order chi connectivity index (χ1) is 8.71. The van der Waals surface area contributed by atoms with E-state index in [9.17, 15) is 0 Å². The molecule has 2 N–H and O–H groups in total. The molecule has 1 heterocycles. The molecule has 0 bridgehead atoms. The molecule has 18 heavy (non-hydrogen) atoms. The molecule has 0 radical (unpaired) electrons. The Bertz CT molecular complexity index is 546. The quantitative estimate of drug-likeness (QED) is 0.897. The van der Waals surface area contributed by atoms with Gasteiger partial charge in [0.25, 0.3) is 0 Å². The van der Waals surface area contributed by atoms with Gasteiger partial charge < -0.3 is 15.0 Å². The van der Waals surface area contributed by atoms with E-state index in [4.69, 9.17) is 10.5 Å². The van der Waals surface area contributed by atoms with Crippen LogP contribution in [0.3, 0.4) is 0 Å². The number of aryl methyl sites for hydroxylation is 2. The van der Waals surface area contributed by atoms with Gasteiger partial charge in [0.15, 0.2) is 0 Å². The first kappa shape index (κ1) is 12.6. The lowest BCUT2D eigenvalue weighted by Crippen LogP contribution is -2.04. The van der Waals surface area contributed by atoms with Crippen LogP contribution in [-0.2, 0) is 20.0 Å². The van der Waals surface area contributed by atoms with Gasteiger partial charge in [-0.15, -0.1) is 0 Å². The third-order valence-electron chi connectivity index (χ3n) is 3.19. The van der Waals surface area contributed by atoms with E-state index in [-0.39, 0.29) is 0 Å². The molecule has 1 aromatic heterocycles. The van der Waals surface area contributed by atoms with Crippen molar-refractivity contribution in [2.45, 2.75) is 19.9 Å². The molecule has 96 valence electrons. The highest BCUT2D eigenvalue weighted by Gasteiger charge is 2.11. The van der Waals surface area contributed by atoms with E-state index < -0.39 is 0 Å². The van der Waals surface area contributed by atoms with Gasteiger partial charge in [-0.05, 0) is 30.2 Å².